The molecule has 0 spiro atoms. The first-order chi connectivity index (χ1) is 12.2. The number of thiophene rings is 1. The van der Waals surface area contributed by atoms with Crippen LogP contribution in [-0.4, -0.2) is 32.3 Å². The molecule has 6 nitrogen and oxygen atoms in total. The molecule has 1 aliphatic rings. The number of benzene rings is 1. The maximum Gasteiger partial charge on any atom is 0.277 e. The molecule has 1 unspecified atom stereocenters. The fourth-order valence-electron chi connectivity index (χ4n) is 3.39. The molecule has 0 aliphatic carbocycles. The molecule has 1 aromatic carbocycles. The van der Waals surface area contributed by atoms with E-state index in [1.54, 1.807) is 29.5 Å². The van der Waals surface area contributed by atoms with Gasteiger partial charge in [-0.15, -0.1) is 5.10 Å². The molecule has 3 heterocycles. The van der Waals surface area contributed by atoms with Crippen LogP contribution < -0.4 is 5.56 Å². The minimum absolute atomic E-state index is 0.0653. The molecule has 25 heavy (non-hydrogen) atoms. The summed E-state index contributed by atoms with van der Waals surface area (Å²) in [7, 11) is 0. The van der Waals surface area contributed by atoms with Crippen LogP contribution in [0.1, 0.15) is 30.9 Å². The van der Waals surface area contributed by atoms with E-state index in [9.17, 15) is 9.59 Å². The van der Waals surface area contributed by atoms with Crippen LogP contribution in [0.5, 0.6) is 0 Å². The summed E-state index contributed by atoms with van der Waals surface area (Å²) >= 11 is 1.65. The third-order valence-electron chi connectivity index (χ3n) is 4.67. The molecule has 0 saturated carbocycles. The van der Waals surface area contributed by atoms with Crippen LogP contribution in [0.4, 0.5) is 0 Å². The minimum atomic E-state index is -0.200. The van der Waals surface area contributed by atoms with Gasteiger partial charge in [0.1, 0.15) is 5.52 Å². The fraction of sp³-hybridized carbons (Fsp3) is 0.333. The van der Waals surface area contributed by atoms with Crippen molar-refractivity contribution >= 4 is 28.1 Å². The summed E-state index contributed by atoms with van der Waals surface area (Å²) in [4.78, 5) is 27.0. The minimum Gasteiger partial charge on any atom is -0.336 e. The highest BCUT2D eigenvalue weighted by atomic mass is 32.1. The molecule has 3 aromatic rings. The Balaban J connectivity index is 1.49. The van der Waals surface area contributed by atoms with Gasteiger partial charge < -0.3 is 4.90 Å². The second kappa shape index (κ2) is 6.76. The van der Waals surface area contributed by atoms with Crippen LogP contribution in [0.25, 0.3) is 10.9 Å². The van der Waals surface area contributed by atoms with Gasteiger partial charge in [0.25, 0.3) is 5.56 Å². The van der Waals surface area contributed by atoms with Crippen molar-refractivity contribution < 1.29 is 4.79 Å². The number of aromatic nitrogens is 3. The fourth-order valence-corrected chi connectivity index (χ4v) is 4.10. The summed E-state index contributed by atoms with van der Waals surface area (Å²) in [6.07, 6.45) is 2.27. The Bertz CT molecular complexity index is 951. The highest BCUT2D eigenvalue weighted by molar-refractivity contribution is 7.08. The number of carbonyl (C=O) groups is 1. The Labute approximate surface area is 148 Å². The predicted octanol–water partition coefficient (Wildman–Crippen LogP) is 2.61. The largest absolute Gasteiger partial charge is 0.336 e. The van der Waals surface area contributed by atoms with Gasteiger partial charge in [0.05, 0.1) is 18.0 Å². The molecule has 0 N–H and O–H groups in total. The molecular weight excluding hydrogens is 336 g/mol. The van der Waals surface area contributed by atoms with Gasteiger partial charge in [-0.1, -0.05) is 17.3 Å². The molecular formula is C18H18N4O2S. The van der Waals surface area contributed by atoms with Gasteiger partial charge in [-0.3, -0.25) is 9.59 Å². The monoisotopic (exact) mass is 354 g/mol. The van der Waals surface area contributed by atoms with Crippen LogP contribution in [-0.2, 0) is 11.3 Å². The van der Waals surface area contributed by atoms with Crippen molar-refractivity contribution in [3.05, 3.63) is 57.0 Å². The molecule has 128 valence electrons. The summed E-state index contributed by atoms with van der Waals surface area (Å²) in [5.41, 5.74) is 1.58. The Morgan fingerprint density at radius 2 is 2.16 bits per heavy atom. The van der Waals surface area contributed by atoms with Crippen LogP contribution in [0.2, 0.25) is 0 Å². The van der Waals surface area contributed by atoms with Crippen molar-refractivity contribution in [1.29, 1.82) is 0 Å². The maximum atomic E-state index is 12.7. The third kappa shape index (κ3) is 3.07. The molecule has 1 fully saturated rings. The summed E-state index contributed by atoms with van der Waals surface area (Å²) in [6.45, 7) is 1.03. The molecule has 7 heteroatoms. The highest BCUT2D eigenvalue weighted by Gasteiger charge is 2.29. The van der Waals surface area contributed by atoms with Crippen LogP contribution in [0, 0.1) is 0 Å². The number of fused-ring (bicyclic) bond motifs is 1. The van der Waals surface area contributed by atoms with Gasteiger partial charge in [-0.05, 0) is 47.4 Å². The first kappa shape index (κ1) is 16.0. The zero-order valence-corrected chi connectivity index (χ0v) is 14.5. The number of amides is 1. The average Bonchev–Trinajstić information content (AvgIpc) is 3.32. The average molecular weight is 354 g/mol. The van der Waals surface area contributed by atoms with Gasteiger partial charge in [-0.25, -0.2) is 4.68 Å². The van der Waals surface area contributed by atoms with E-state index < -0.39 is 0 Å². The van der Waals surface area contributed by atoms with Crippen molar-refractivity contribution in [3.63, 3.8) is 0 Å². The lowest BCUT2D eigenvalue weighted by atomic mass is 10.1. The third-order valence-corrected chi connectivity index (χ3v) is 5.37. The first-order valence-corrected chi connectivity index (χ1v) is 9.32. The first-order valence-electron chi connectivity index (χ1n) is 8.38. The molecule has 1 aliphatic heterocycles. The van der Waals surface area contributed by atoms with Gasteiger partial charge in [0, 0.05) is 13.0 Å². The summed E-state index contributed by atoms with van der Waals surface area (Å²) < 4.78 is 1.29. The van der Waals surface area contributed by atoms with Crippen molar-refractivity contribution in [2.24, 2.45) is 0 Å². The van der Waals surface area contributed by atoms with E-state index in [1.807, 2.05) is 16.3 Å². The number of aryl methyl sites for hydroxylation is 1. The van der Waals surface area contributed by atoms with E-state index in [0.717, 1.165) is 19.4 Å². The second-order valence-corrected chi connectivity index (χ2v) is 6.97. The molecule has 1 saturated heterocycles. The van der Waals surface area contributed by atoms with Crippen molar-refractivity contribution in [2.45, 2.75) is 31.8 Å². The molecule has 2 aromatic heterocycles. The SMILES string of the molecule is O=C(CCn1nnc2ccccc2c1=O)N1CCCC1c1ccsc1. The van der Waals surface area contributed by atoms with E-state index in [0.29, 0.717) is 10.9 Å². The summed E-state index contributed by atoms with van der Waals surface area (Å²) in [5.74, 6) is 0.0653. The van der Waals surface area contributed by atoms with Crippen LogP contribution in [0.3, 0.4) is 0 Å². The lowest BCUT2D eigenvalue weighted by Gasteiger charge is -2.24. The zero-order valence-electron chi connectivity index (χ0n) is 13.7. The normalized spacial score (nSPS) is 17.3. The van der Waals surface area contributed by atoms with Crippen molar-refractivity contribution in [3.8, 4) is 0 Å². The maximum absolute atomic E-state index is 12.7. The lowest BCUT2D eigenvalue weighted by Crippen LogP contribution is -2.33. The van der Waals surface area contributed by atoms with Gasteiger partial charge in [0.2, 0.25) is 5.91 Å². The quantitative estimate of drug-likeness (QED) is 0.722. The van der Waals surface area contributed by atoms with Gasteiger partial charge in [-0.2, -0.15) is 11.3 Å². The molecule has 0 bridgehead atoms. The van der Waals surface area contributed by atoms with Gasteiger partial charge >= 0.3 is 0 Å². The zero-order chi connectivity index (χ0) is 17.2. The standard InChI is InChI=1S/C18H18N4O2S/c23-17(21-9-3-6-16(21)13-8-11-25-12-13)7-10-22-18(24)14-4-1-2-5-15(14)19-20-22/h1-2,4-5,8,11-12,16H,3,6-7,9-10H2. The molecule has 1 amide bonds. The number of hydrogen-bond donors (Lipinski definition) is 0. The van der Waals surface area contributed by atoms with E-state index in [1.165, 1.54) is 10.2 Å². The van der Waals surface area contributed by atoms with E-state index in [2.05, 4.69) is 21.8 Å². The highest BCUT2D eigenvalue weighted by Crippen LogP contribution is 2.33. The van der Waals surface area contributed by atoms with Crippen LogP contribution >= 0.6 is 11.3 Å². The van der Waals surface area contributed by atoms with Gasteiger partial charge in [0.15, 0.2) is 0 Å². The number of hydrogen-bond acceptors (Lipinski definition) is 5. The van der Waals surface area contributed by atoms with Crippen LogP contribution in [0.15, 0.2) is 45.9 Å². The molecule has 4 rings (SSSR count). The predicted molar refractivity (Wildman–Crippen MR) is 96.4 cm³/mol. The topological polar surface area (TPSA) is 68.1 Å². The van der Waals surface area contributed by atoms with Crippen molar-refractivity contribution in [1.82, 2.24) is 19.9 Å². The van der Waals surface area contributed by atoms with E-state index >= 15 is 0 Å². The van der Waals surface area contributed by atoms with Crippen molar-refractivity contribution in [2.75, 3.05) is 6.54 Å². The molecule has 0 radical (unpaired) electrons. The van der Waals surface area contributed by atoms with E-state index in [4.69, 9.17) is 0 Å². The molecule has 1 atom stereocenters. The van der Waals surface area contributed by atoms with E-state index in [-0.39, 0.29) is 30.5 Å². The number of likely N-dealkylation sites (tertiary alicyclic amines) is 1. The number of carbonyl (C=O) groups excluding carboxylic acids is 1. The second-order valence-electron chi connectivity index (χ2n) is 6.19. The summed E-state index contributed by atoms with van der Waals surface area (Å²) in [5, 5.41) is 12.7. The Morgan fingerprint density at radius 1 is 1.28 bits per heavy atom. The smallest absolute Gasteiger partial charge is 0.277 e. The number of nitrogens with zero attached hydrogens (tertiary/aromatic N) is 4. The Kier molecular flexibility index (Phi) is 4.31. The Hall–Kier alpha value is -2.54. The number of rotatable bonds is 4. The Morgan fingerprint density at radius 3 is 3.00 bits per heavy atom. The summed E-state index contributed by atoms with van der Waals surface area (Å²) in [6, 6.07) is 9.37. The lowest BCUT2D eigenvalue weighted by molar-refractivity contribution is -0.132.